The standard InChI is InChI=1S/C18H13F3N4O2S/c19-18(20,21)17(27)9-14(11-4-3-5-12(26)8-11)24-25(17)16-23-15(10-28-16)13-6-1-2-7-22-13/h1-8,10,26-27H,9H2/t17-/m0/s1. The lowest BCUT2D eigenvalue weighted by Crippen LogP contribution is -2.55. The van der Waals surface area contributed by atoms with Crippen molar-refractivity contribution < 1.29 is 23.4 Å². The average Bonchev–Trinajstić information content (AvgIpc) is 3.27. The number of alkyl halides is 3. The van der Waals surface area contributed by atoms with Crippen LogP contribution in [0.4, 0.5) is 18.3 Å². The molecule has 28 heavy (non-hydrogen) atoms. The van der Waals surface area contributed by atoms with Crippen molar-refractivity contribution in [2.24, 2.45) is 5.10 Å². The number of benzene rings is 1. The highest BCUT2D eigenvalue weighted by Crippen LogP contribution is 2.45. The van der Waals surface area contributed by atoms with Crippen LogP contribution in [0.5, 0.6) is 5.75 Å². The second-order valence-electron chi connectivity index (χ2n) is 6.13. The number of halogens is 3. The lowest BCUT2D eigenvalue weighted by molar-refractivity contribution is -0.254. The molecule has 0 bridgehead atoms. The number of phenolic OH excluding ortho intramolecular Hbond substituents is 1. The van der Waals surface area contributed by atoms with Gasteiger partial charge in [-0.25, -0.2) is 4.98 Å². The van der Waals surface area contributed by atoms with Gasteiger partial charge in [-0.05, 0) is 24.3 Å². The number of phenols is 1. The predicted octanol–water partition coefficient (Wildman–Crippen LogP) is 3.78. The molecule has 0 fully saturated rings. The minimum absolute atomic E-state index is 0.00897. The molecule has 10 heteroatoms. The summed E-state index contributed by atoms with van der Waals surface area (Å²) >= 11 is 0.919. The van der Waals surface area contributed by atoms with Crippen LogP contribution in [0.25, 0.3) is 11.4 Å². The van der Waals surface area contributed by atoms with Gasteiger partial charge >= 0.3 is 6.18 Å². The van der Waals surface area contributed by atoms with Crippen molar-refractivity contribution in [3.05, 3.63) is 59.6 Å². The Morgan fingerprint density at radius 1 is 1.11 bits per heavy atom. The molecule has 1 atom stereocenters. The maximum atomic E-state index is 13.7. The van der Waals surface area contributed by atoms with Crippen LogP contribution in [0.2, 0.25) is 0 Å². The molecule has 0 aliphatic carbocycles. The highest BCUT2D eigenvalue weighted by atomic mass is 32.1. The van der Waals surface area contributed by atoms with Gasteiger partial charge in [0.05, 0.1) is 17.8 Å². The Kier molecular flexibility index (Phi) is 4.31. The molecule has 0 amide bonds. The lowest BCUT2D eigenvalue weighted by atomic mass is 10.0. The molecule has 0 unspecified atom stereocenters. The summed E-state index contributed by atoms with van der Waals surface area (Å²) in [6.45, 7) is 0. The van der Waals surface area contributed by atoms with Crippen LogP contribution in [0, 0.1) is 0 Å². The summed E-state index contributed by atoms with van der Waals surface area (Å²) in [5.74, 6) is -0.110. The number of aromatic hydroxyl groups is 1. The van der Waals surface area contributed by atoms with Crippen molar-refractivity contribution in [1.82, 2.24) is 9.97 Å². The molecule has 0 radical (unpaired) electrons. The number of rotatable bonds is 3. The van der Waals surface area contributed by atoms with E-state index in [-0.39, 0.29) is 22.2 Å². The number of hydrogen-bond donors (Lipinski definition) is 2. The third kappa shape index (κ3) is 3.10. The first kappa shape index (κ1) is 18.4. The molecular weight excluding hydrogens is 393 g/mol. The zero-order valence-electron chi connectivity index (χ0n) is 14.1. The van der Waals surface area contributed by atoms with E-state index in [0.29, 0.717) is 16.4 Å². The van der Waals surface area contributed by atoms with E-state index in [0.717, 1.165) is 11.3 Å². The number of aromatic nitrogens is 2. The van der Waals surface area contributed by atoms with Crippen molar-refractivity contribution in [3.63, 3.8) is 0 Å². The molecule has 0 saturated carbocycles. The number of thiazole rings is 1. The topological polar surface area (TPSA) is 81.8 Å². The number of pyridine rings is 1. The molecule has 4 rings (SSSR count). The van der Waals surface area contributed by atoms with Crippen LogP contribution < -0.4 is 5.01 Å². The first-order valence-electron chi connectivity index (χ1n) is 8.11. The van der Waals surface area contributed by atoms with Gasteiger partial charge in [0.1, 0.15) is 11.4 Å². The van der Waals surface area contributed by atoms with Crippen molar-refractivity contribution in [2.75, 3.05) is 5.01 Å². The Bertz CT molecular complexity index is 1040. The van der Waals surface area contributed by atoms with Gasteiger partial charge in [0.15, 0.2) is 0 Å². The zero-order chi connectivity index (χ0) is 19.9. The van der Waals surface area contributed by atoms with E-state index in [1.165, 1.54) is 24.3 Å². The Balaban J connectivity index is 1.77. The van der Waals surface area contributed by atoms with Crippen molar-refractivity contribution >= 4 is 22.2 Å². The number of hydrogen-bond acceptors (Lipinski definition) is 7. The summed E-state index contributed by atoms with van der Waals surface area (Å²) in [4.78, 5) is 8.31. The van der Waals surface area contributed by atoms with E-state index in [9.17, 15) is 23.4 Å². The molecule has 144 valence electrons. The summed E-state index contributed by atoms with van der Waals surface area (Å²) in [5.41, 5.74) is -2.09. The van der Waals surface area contributed by atoms with E-state index >= 15 is 0 Å². The Morgan fingerprint density at radius 3 is 2.61 bits per heavy atom. The molecule has 0 spiro atoms. The molecule has 1 aliphatic rings. The van der Waals surface area contributed by atoms with Gasteiger partial charge in [-0.2, -0.15) is 23.3 Å². The molecule has 0 saturated heterocycles. The number of aliphatic hydroxyl groups is 1. The SMILES string of the molecule is Oc1cccc(C2=NN(c3nc(-c4ccccn4)cs3)[C@@](O)(C(F)(F)F)C2)c1. The summed E-state index contributed by atoms with van der Waals surface area (Å²) in [7, 11) is 0. The van der Waals surface area contributed by atoms with Crippen molar-refractivity contribution in [2.45, 2.75) is 18.3 Å². The van der Waals surface area contributed by atoms with Gasteiger partial charge in [0, 0.05) is 17.1 Å². The normalized spacial score (nSPS) is 19.7. The summed E-state index contributed by atoms with van der Waals surface area (Å²) < 4.78 is 41.2. The third-order valence-electron chi connectivity index (χ3n) is 4.22. The fraction of sp³-hybridized carbons (Fsp3) is 0.167. The van der Waals surface area contributed by atoms with Gasteiger partial charge in [-0.1, -0.05) is 18.2 Å². The molecule has 1 aliphatic heterocycles. The lowest BCUT2D eigenvalue weighted by Gasteiger charge is -2.32. The molecule has 1 aromatic carbocycles. The van der Waals surface area contributed by atoms with E-state index < -0.39 is 18.3 Å². The van der Waals surface area contributed by atoms with Crippen LogP contribution in [0.15, 0.2) is 59.1 Å². The molecule has 3 heterocycles. The fourth-order valence-electron chi connectivity index (χ4n) is 2.81. The van der Waals surface area contributed by atoms with Crippen LogP contribution >= 0.6 is 11.3 Å². The molecule has 2 aromatic heterocycles. The van der Waals surface area contributed by atoms with Crippen LogP contribution in [-0.2, 0) is 0 Å². The van der Waals surface area contributed by atoms with Gasteiger partial charge in [-0.15, -0.1) is 11.3 Å². The Labute approximate surface area is 161 Å². The zero-order valence-corrected chi connectivity index (χ0v) is 14.9. The van der Waals surface area contributed by atoms with Gasteiger partial charge in [0.2, 0.25) is 5.13 Å². The summed E-state index contributed by atoms with van der Waals surface area (Å²) in [5, 5.41) is 26.0. The monoisotopic (exact) mass is 406 g/mol. The molecule has 3 aromatic rings. The molecule has 2 N–H and O–H groups in total. The van der Waals surface area contributed by atoms with Crippen LogP contribution in [0.1, 0.15) is 12.0 Å². The van der Waals surface area contributed by atoms with E-state index in [1.54, 1.807) is 29.8 Å². The van der Waals surface area contributed by atoms with Crippen molar-refractivity contribution in [3.8, 4) is 17.1 Å². The minimum Gasteiger partial charge on any atom is -0.508 e. The molecular formula is C18H13F3N4O2S. The second kappa shape index (κ2) is 6.57. The van der Waals surface area contributed by atoms with E-state index in [2.05, 4.69) is 15.1 Å². The van der Waals surface area contributed by atoms with Crippen LogP contribution in [0.3, 0.4) is 0 Å². The summed E-state index contributed by atoms with van der Waals surface area (Å²) in [6.07, 6.45) is -4.22. The second-order valence-corrected chi connectivity index (χ2v) is 6.97. The number of nitrogens with zero attached hydrogens (tertiary/aromatic N) is 4. The average molecular weight is 406 g/mol. The first-order chi connectivity index (χ1) is 13.3. The Hall–Kier alpha value is -2.98. The highest BCUT2D eigenvalue weighted by Gasteiger charge is 2.62. The van der Waals surface area contributed by atoms with Gasteiger partial charge in [0.25, 0.3) is 5.72 Å². The van der Waals surface area contributed by atoms with E-state index in [1.807, 2.05) is 0 Å². The number of hydrazone groups is 1. The maximum absolute atomic E-state index is 13.7. The molecule has 6 nitrogen and oxygen atoms in total. The van der Waals surface area contributed by atoms with Gasteiger partial charge < -0.3 is 10.2 Å². The summed E-state index contributed by atoms with van der Waals surface area (Å²) in [6, 6.07) is 10.8. The third-order valence-corrected chi connectivity index (χ3v) is 5.04. The predicted molar refractivity (Wildman–Crippen MR) is 98.1 cm³/mol. The minimum atomic E-state index is -4.98. The largest absolute Gasteiger partial charge is 0.508 e. The first-order valence-corrected chi connectivity index (χ1v) is 8.99. The quantitative estimate of drug-likeness (QED) is 0.692. The van der Waals surface area contributed by atoms with Crippen LogP contribution in [-0.4, -0.2) is 37.8 Å². The number of anilines is 1. The highest BCUT2D eigenvalue weighted by molar-refractivity contribution is 7.14. The fourth-order valence-corrected chi connectivity index (χ4v) is 3.64. The smallest absolute Gasteiger partial charge is 0.438 e. The van der Waals surface area contributed by atoms with E-state index in [4.69, 9.17) is 0 Å². The van der Waals surface area contributed by atoms with Gasteiger partial charge in [-0.3, -0.25) is 4.98 Å². The maximum Gasteiger partial charge on any atom is 0.438 e. The Morgan fingerprint density at radius 2 is 1.93 bits per heavy atom. The van der Waals surface area contributed by atoms with Crippen molar-refractivity contribution in [1.29, 1.82) is 0 Å².